The Balaban J connectivity index is 2.02. The summed E-state index contributed by atoms with van der Waals surface area (Å²) >= 11 is 0. The lowest BCUT2D eigenvalue weighted by Gasteiger charge is -2.15. The maximum atomic E-state index is 12.3. The third kappa shape index (κ3) is 3.39. The van der Waals surface area contributed by atoms with Gasteiger partial charge in [-0.1, -0.05) is 25.5 Å². The molecule has 1 atom stereocenters. The van der Waals surface area contributed by atoms with Gasteiger partial charge in [-0.15, -0.1) is 0 Å². The molecule has 1 heterocycles. The number of hydrogen-bond donors (Lipinski definition) is 3. The molecule has 0 aliphatic heterocycles. The first-order valence-electron chi connectivity index (χ1n) is 7.21. The molecule has 4 heteroatoms. The number of carbonyl (C=O) groups excluding carboxylic acids is 1. The minimum atomic E-state index is -0.0582. The van der Waals surface area contributed by atoms with Crippen molar-refractivity contribution in [3.05, 3.63) is 36.0 Å². The summed E-state index contributed by atoms with van der Waals surface area (Å²) in [7, 11) is 0. The molecule has 0 fully saturated rings. The number of aromatic nitrogens is 1. The number of aliphatic hydroxyl groups excluding tert-OH is 1. The number of hydrogen-bond acceptors (Lipinski definition) is 2. The predicted molar refractivity (Wildman–Crippen MR) is 80.7 cm³/mol. The summed E-state index contributed by atoms with van der Waals surface area (Å²) in [6, 6.07) is 7.66. The molecule has 1 aromatic carbocycles. The summed E-state index contributed by atoms with van der Waals surface area (Å²) < 4.78 is 0. The van der Waals surface area contributed by atoms with E-state index in [1.54, 1.807) is 0 Å². The van der Waals surface area contributed by atoms with Crippen molar-refractivity contribution >= 4 is 16.8 Å². The van der Waals surface area contributed by atoms with Crippen LogP contribution in [0.15, 0.2) is 30.5 Å². The molecule has 1 aromatic heterocycles. The van der Waals surface area contributed by atoms with Crippen molar-refractivity contribution in [3.63, 3.8) is 0 Å². The van der Waals surface area contributed by atoms with E-state index in [1.165, 1.54) is 0 Å². The molecule has 3 N–H and O–H groups in total. The molecule has 0 saturated carbocycles. The number of benzene rings is 1. The number of para-hydroxylation sites is 1. The number of aliphatic hydroxyl groups is 1. The van der Waals surface area contributed by atoms with Gasteiger partial charge in [0.2, 0.25) is 0 Å². The van der Waals surface area contributed by atoms with Crippen molar-refractivity contribution in [2.45, 2.75) is 26.2 Å². The summed E-state index contributed by atoms with van der Waals surface area (Å²) in [4.78, 5) is 15.4. The van der Waals surface area contributed by atoms with Gasteiger partial charge in [0.15, 0.2) is 0 Å². The van der Waals surface area contributed by atoms with Crippen molar-refractivity contribution in [2.24, 2.45) is 5.92 Å². The predicted octanol–water partition coefficient (Wildman–Crippen LogP) is 2.70. The minimum absolute atomic E-state index is 0.0582. The molecule has 4 nitrogen and oxygen atoms in total. The van der Waals surface area contributed by atoms with E-state index in [2.05, 4.69) is 17.2 Å². The molecule has 20 heavy (non-hydrogen) atoms. The second-order valence-electron chi connectivity index (χ2n) is 5.12. The Bertz CT molecular complexity index is 556. The summed E-state index contributed by atoms with van der Waals surface area (Å²) in [5.74, 6) is 0.286. The lowest BCUT2D eigenvalue weighted by atomic mass is 10.00. The monoisotopic (exact) mass is 274 g/mol. The van der Waals surface area contributed by atoms with Crippen LogP contribution in [0.5, 0.6) is 0 Å². The number of fused-ring (bicyclic) bond motifs is 1. The molecule has 0 saturated heterocycles. The average Bonchev–Trinajstić information content (AvgIpc) is 2.93. The van der Waals surface area contributed by atoms with Gasteiger partial charge in [0.25, 0.3) is 5.91 Å². The summed E-state index contributed by atoms with van der Waals surface area (Å²) in [5, 5.41) is 13.1. The van der Waals surface area contributed by atoms with Crippen LogP contribution in [0.4, 0.5) is 0 Å². The maximum Gasteiger partial charge on any atom is 0.253 e. The lowest BCUT2D eigenvalue weighted by molar-refractivity contribution is 0.0944. The van der Waals surface area contributed by atoms with E-state index in [1.807, 2.05) is 30.5 Å². The second kappa shape index (κ2) is 7.10. The van der Waals surface area contributed by atoms with E-state index >= 15 is 0 Å². The normalized spacial score (nSPS) is 12.5. The number of carbonyl (C=O) groups is 1. The Labute approximate surface area is 119 Å². The maximum absolute atomic E-state index is 12.3. The summed E-state index contributed by atoms with van der Waals surface area (Å²) in [6.07, 6.45) is 4.66. The molecule has 0 radical (unpaired) electrons. The lowest BCUT2D eigenvalue weighted by Crippen LogP contribution is -2.30. The van der Waals surface area contributed by atoms with Crippen molar-refractivity contribution in [3.8, 4) is 0 Å². The van der Waals surface area contributed by atoms with Gasteiger partial charge in [-0.25, -0.2) is 0 Å². The molecule has 0 spiro atoms. The number of amides is 1. The number of H-pyrrole nitrogens is 1. The number of aromatic amines is 1. The highest BCUT2D eigenvalue weighted by molar-refractivity contribution is 6.05. The minimum Gasteiger partial charge on any atom is -0.396 e. The van der Waals surface area contributed by atoms with Crippen LogP contribution in [0.25, 0.3) is 10.9 Å². The second-order valence-corrected chi connectivity index (χ2v) is 5.12. The zero-order valence-corrected chi connectivity index (χ0v) is 11.9. The topological polar surface area (TPSA) is 65.1 Å². The molecule has 0 aliphatic carbocycles. The molecule has 2 aromatic rings. The highest BCUT2D eigenvalue weighted by Crippen LogP contribution is 2.17. The Hall–Kier alpha value is -1.81. The fourth-order valence-corrected chi connectivity index (χ4v) is 2.55. The van der Waals surface area contributed by atoms with E-state index < -0.39 is 0 Å². The first-order chi connectivity index (χ1) is 9.76. The van der Waals surface area contributed by atoms with E-state index in [4.69, 9.17) is 5.11 Å². The van der Waals surface area contributed by atoms with Gasteiger partial charge in [-0.2, -0.15) is 0 Å². The smallest absolute Gasteiger partial charge is 0.253 e. The third-order valence-corrected chi connectivity index (χ3v) is 3.62. The zero-order chi connectivity index (χ0) is 14.4. The Morgan fingerprint density at radius 1 is 1.35 bits per heavy atom. The SMILES string of the molecule is CCCC(CCO)CNC(=O)c1cccc2cc[nH]c12. The van der Waals surface area contributed by atoms with Gasteiger partial charge in [0.05, 0.1) is 11.1 Å². The quantitative estimate of drug-likeness (QED) is 0.727. The van der Waals surface area contributed by atoms with Crippen LogP contribution in [0, 0.1) is 5.92 Å². The largest absolute Gasteiger partial charge is 0.396 e. The van der Waals surface area contributed by atoms with Crippen LogP contribution < -0.4 is 5.32 Å². The fourth-order valence-electron chi connectivity index (χ4n) is 2.55. The van der Waals surface area contributed by atoms with Gasteiger partial charge in [0, 0.05) is 24.7 Å². The van der Waals surface area contributed by atoms with Crippen LogP contribution in [0.1, 0.15) is 36.5 Å². The first kappa shape index (κ1) is 14.6. The van der Waals surface area contributed by atoms with Crippen molar-refractivity contribution < 1.29 is 9.90 Å². The molecule has 1 unspecified atom stereocenters. The van der Waals surface area contributed by atoms with Gasteiger partial charge >= 0.3 is 0 Å². The van der Waals surface area contributed by atoms with Crippen LogP contribution >= 0.6 is 0 Å². The zero-order valence-electron chi connectivity index (χ0n) is 11.9. The van der Waals surface area contributed by atoms with Gasteiger partial charge in [0.1, 0.15) is 0 Å². The first-order valence-corrected chi connectivity index (χ1v) is 7.21. The van der Waals surface area contributed by atoms with Crippen LogP contribution in [-0.2, 0) is 0 Å². The average molecular weight is 274 g/mol. The van der Waals surface area contributed by atoms with Crippen LogP contribution in [0.2, 0.25) is 0 Å². The summed E-state index contributed by atoms with van der Waals surface area (Å²) in [6.45, 7) is 2.91. The third-order valence-electron chi connectivity index (χ3n) is 3.62. The van der Waals surface area contributed by atoms with Crippen molar-refractivity contribution in [1.29, 1.82) is 0 Å². The standard InChI is InChI=1S/C16H22N2O2/c1-2-4-12(8-10-19)11-18-16(20)14-6-3-5-13-7-9-17-15(13)14/h3,5-7,9,12,17,19H,2,4,8,10-11H2,1H3,(H,18,20). The van der Waals surface area contributed by atoms with E-state index in [9.17, 15) is 4.79 Å². The van der Waals surface area contributed by atoms with Crippen LogP contribution in [0.3, 0.4) is 0 Å². The van der Waals surface area contributed by atoms with E-state index in [0.717, 1.165) is 30.2 Å². The molecule has 0 bridgehead atoms. The molecular weight excluding hydrogens is 252 g/mol. The summed E-state index contributed by atoms with van der Waals surface area (Å²) in [5.41, 5.74) is 1.55. The number of nitrogens with one attached hydrogen (secondary N) is 2. The van der Waals surface area contributed by atoms with E-state index in [0.29, 0.717) is 18.0 Å². The van der Waals surface area contributed by atoms with Gasteiger partial charge in [-0.3, -0.25) is 4.79 Å². The van der Waals surface area contributed by atoms with Crippen LogP contribution in [-0.4, -0.2) is 29.1 Å². The fraction of sp³-hybridized carbons (Fsp3) is 0.438. The molecule has 0 aliphatic rings. The van der Waals surface area contributed by atoms with Gasteiger partial charge in [-0.05, 0) is 30.9 Å². The molecule has 108 valence electrons. The Kier molecular flexibility index (Phi) is 5.18. The molecular formula is C16H22N2O2. The number of rotatable bonds is 7. The van der Waals surface area contributed by atoms with Crippen molar-refractivity contribution in [1.82, 2.24) is 10.3 Å². The van der Waals surface area contributed by atoms with E-state index in [-0.39, 0.29) is 12.5 Å². The molecule has 1 amide bonds. The highest BCUT2D eigenvalue weighted by Gasteiger charge is 2.13. The Morgan fingerprint density at radius 3 is 2.95 bits per heavy atom. The Morgan fingerprint density at radius 2 is 2.20 bits per heavy atom. The molecule has 2 rings (SSSR count). The highest BCUT2D eigenvalue weighted by atomic mass is 16.3. The van der Waals surface area contributed by atoms with Gasteiger partial charge < -0.3 is 15.4 Å². The van der Waals surface area contributed by atoms with Crippen molar-refractivity contribution in [2.75, 3.05) is 13.2 Å².